The predicted molar refractivity (Wildman–Crippen MR) is 144 cm³/mol. The van der Waals surface area contributed by atoms with E-state index in [2.05, 4.69) is 35.4 Å². The van der Waals surface area contributed by atoms with Gasteiger partial charge in [-0.1, -0.05) is 103 Å². The van der Waals surface area contributed by atoms with Gasteiger partial charge in [0.15, 0.2) is 0 Å². The Bertz CT molecular complexity index is 1400. The minimum absolute atomic E-state index is 0.420. The average Bonchev–Trinajstić information content (AvgIpc) is 3.22. The molecule has 0 aliphatic rings. The minimum Gasteiger partial charge on any atom is -0.368 e. The second-order valence-corrected chi connectivity index (χ2v) is 9.11. The van der Waals surface area contributed by atoms with E-state index in [0.717, 1.165) is 15.7 Å². The molecule has 6 heteroatoms. The second kappa shape index (κ2) is 10.6. The summed E-state index contributed by atoms with van der Waals surface area (Å²) in [5.41, 5.74) is 0.392. The minimum atomic E-state index is -0.752. The van der Waals surface area contributed by atoms with Gasteiger partial charge in [0.25, 0.3) is 0 Å². The summed E-state index contributed by atoms with van der Waals surface area (Å²) in [4.78, 5) is 25.6. The molecule has 1 N–H and O–H groups in total. The van der Waals surface area contributed by atoms with Crippen molar-refractivity contribution < 1.29 is 4.74 Å². The number of ether oxygens (including phenoxy) is 1. The summed E-state index contributed by atoms with van der Waals surface area (Å²) in [6.07, 6.45) is 8.38. The molecule has 0 amide bonds. The number of para-hydroxylation sites is 1. The van der Waals surface area contributed by atoms with Crippen molar-refractivity contribution in [1.29, 1.82) is 0 Å². The van der Waals surface area contributed by atoms with Crippen molar-refractivity contribution in [3.63, 3.8) is 0 Å². The average molecular weight is 482 g/mol. The summed E-state index contributed by atoms with van der Waals surface area (Å²) < 4.78 is 8.62. The number of methoxy groups -OCH3 is 1. The molecule has 0 saturated heterocycles. The predicted octanol–water partition coefficient (Wildman–Crippen LogP) is 5.16. The molecule has 36 heavy (non-hydrogen) atoms. The Balaban J connectivity index is 1.58. The SMILES string of the molecule is COC(C/C=C/C=C/C(C)(C)n1[nH]c(=O)n(-c2ccccc2)c1=O)(c1ccccc1)c1ccccc1. The van der Waals surface area contributed by atoms with Crippen molar-refractivity contribution >= 4 is 0 Å². The Kier molecular flexibility index (Phi) is 7.36. The van der Waals surface area contributed by atoms with E-state index in [4.69, 9.17) is 4.74 Å². The van der Waals surface area contributed by atoms with Gasteiger partial charge in [-0.2, -0.15) is 0 Å². The molecule has 0 aliphatic heterocycles. The van der Waals surface area contributed by atoms with Crippen molar-refractivity contribution in [3.8, 4) is 5.69 Å². The van der Waals surface area contributed by atoms with E-state index in [1.165, 1.54) is 4.68 Å². The van der Waals surface area contributed by atoms with Gasteiger partial charge in [0, 0.05) is 13.5 Å². The number of nitrogens with one attached hydrogen (secondary N) is 1. The largest absolute Gasteiger partial charge is 0.368 e. The summed E-state index contributed by atoms with van der Waals surface area (Å²) in [6, 6.07) is 29.2. The van der Waals surface area contributed by atoms with Gasteiger partial charge in [0.05, 0.1) is 11.2 Å². The molecule has 6 nitrogen and oxygen atoms in total. The van der Waals surface area contributed by atoms with Crippen LogP contribution in [0.15, 0.2) is 125 Å². The number of nitrogens with zero attached hydrogens (tertiary/aromatic N) is 2. The first-order valence-electron chi connectivity index (χ1n) is 11.9. The molecule has 0 saturated carbocycles. The summed E-state index contributed by atoms with van der Waals surface area (Å²) in [6.45, 7) is 3.74. The summed E-state index contributed by atoms with van der Waals surface area (Å²) in [5, 5.41) is 2.69. The van der Waals surface area contributed by atoms with Gasteiger partial charge < -0.3 is 4.74 Å². The molecule has 4 rings (SSSR count). The molecule has 0 atom stereocenters. The van der Waals surface area contributed by atoms with Crippen LogP contribution in [0.2, 0.25) is 0 Å². The Morgan fingerprint density at radius 2 is 1.33 bits per heavy atom. The molecule has 184 valence electrons. The number of aromatic amines is 1. The van der Waals surface area contributed by atoms with E-state index >= 15 is 0 Å². The van der Waals surface area contributed by atoms with Crippen molar-refractivity contribution in [1.82, 2.24) is 14.3 Å². The lowest BCUT2D eigenvalue weighted by Gasteiger charge is -2.33. The van der Waals surface area contributed by atoms with Crippen LogP contribution in [0.3, 0.4) is 0 Å². The quantitative estimate of drug-likeness (QED) is 0.336. The van der Waals surface area contributed by atoms with Crippen LogP contribution in [0.25, 0.3) is 5.69 Å². The fourth-order valence-electron chi connectivity index (χ4n) is 4.39. The molecule has 4 aromatic rings. The van der Waals surface area contributed by atoms with E-state index in [9.17, 15) is 9.59 Å². The highest BCUT2D eigenvalue weighted by atomic mass is 16.5. The van der Waals surface area contributed by atoms with Crippen LogP contribution in [0.4, 0.5) is 0 Å². The van der Waals surface area contributed by atoms with E-state index in [1.54, 1.807) is 31.4 Å². The van der Waals surface area contributed by atoms with Crippen molar-refractivity contribution in [2.45, 2.75) is 31.4 Å². The first-order valence-corrected chi connectivity index (χ1v) is 11.9. The highest BCUT2D eigenvalue weighted by molar-refractivity contribution is 5.37. The van der Waals surface area contributed by atoms with Crippen molar-refractivity contribution in [2.75, 3.05) is 7.11 Å². The van der Waals surface area contributed by atoms with Gasteiger partial charge in [-0.05, 0) is 37.1 Å². The Labute approximate surface area is 210 Å². The zero-order valence-electron chi connectivity index (χ0n) is 20.8. The number of hydrogen-bond donors (Lipinski definition) is 1. The lowest BCUT2D eigenvalue weighted by atomic mass is 9.83. The van der Waals surface area contributed by atoms with Gasteiger partial charge in [-0.3, -0.25) is 0 Å². The monoisotopic (exact) mass is 481 g/mol. The molecular formula is C30H31N3O3. The molecule has 0 radical (unpaired) electrons. The zero-order chi connectivity index (χ0) is 25.6. The maximum absolute atomic E-state index is 13.0. The van der Waals surface area contributed by atoms with Gasteiger partial charge in [0.1, 0.15) is 5.60 Å². The third-order valence-electron chi connectivity index (χ3n) is 6.37. The van der Waals surface area contributed by atoms with Gasteiger partial charge >= 0.3 is 11.4 Å². The fraction of sp³-hybridized carbons (Fsp3) is 0.200. The van der Waals surface area contributed by atoms with Gasteiger partial charge in [-0.15, -0.1) is 0 Å². The second-order valence-electron chi connectivity index (χ2n) is 9.11. The first-order chi connectivity index (χ1) is 17.4. The molecule has 0 unspecified atom stereocenters. The topological polar surface area (TPSA) is 69.0 Å². The summed E-state index contributed by atoms with van der Waals surface area (Å²) in [5.74, 6) is 0. The molecule has 0 fully saturated rings. The maximum Gasteiger partial charge on any atom is 0.352 e. The number of aromatic nitrogens is 3. The van der Waals surface area contributed by atoms with Crippen LogP contribution in [-0.4, -0.2) is 21.5 Å². The molecule has 1 aromatic heterocycles. The van der Waals surface area contributed by atoms with Crippen LogP contribution in [-0.2, 0) is 15.9 Å². The molecule has 3 aromatic carbocycles. The maximum atomic E-state index is 13.0. The number of H-pyrrole nitrogens is 1. The summed E-state index contributed by atoms with van der Waals surface area (Å²) >= 11 is 0. The van der Waals surface area contributed by atoms with E-state index < -0.39 is 22.5 Å². The third kappa shape index (κ3) is 4.95. The number of allylic oxidation sites excluding steroid dienone is 3. The van der Waals surface area contributed by atoms with Gasteiger partial charge in [-0.25, -0.2) is 23.9 Å². The normalized spacial score (nSPS) is 12.5. The van der Waals surface area contributed by atoms with Crippen LogP contribution >= 0.6 is 0 Å². The molecule has 0 spiro atoms. The third-order valence-corrected chi connectivity index (χ3v) is 6.37. The number of benzene rings is 3. The Hall–Kier alpha value is -4.16. The van der Waals surface area contributed by atoms with E-state index in [-0.39, 0.29) is 0 Å². The first kappa shape index (κ1) is 24.9. The Morgan fingerprint density at radius 1 is 0.806 bits per heavy atom. The summed E-state index contributed by atoms with van der Waals surface area (Å²) in [7, 11) is 1.73. The number of rotatable bonds is 9. The molecule has 1 heterocycles. The van der Waals surface area contributed by atoms with E-state index in [1.807, 2.05) is 74.5 Å². The fourth-order valence-corrected chi connectivity index (χ4v) is 4.39. The smallest absolute Gasteiger partial charge is 0.352 e. The highest BCUT2D eigenvalue weighted by Crippen LogP contribution is 2.36. The highest BCUT2D eigenvalue weighted by Gasteiger charge is 2.32. The molecule has 0 bridgehead atoms. The lowest BCUT2D eigenvalue weighted by Crippen LogP contribution is -2.36. The van der Waals surface area contributed by atoms with Crippen molar-refractivity contribution in [2.24, 2.45) is 0 Å². The van der Waals surface area contributed by atoms with Crippen molar-refractivity contribution in [3.05, 3.63) is 147 Å². The van der Waals surface area contributed by atoms with E-state index in [0.29, 0.717) is 12.1 Å². The van der Waals surface area contributed by atoms with Crippen LogP contribution in [0, 0.1) is 0 Å². The van der Waals surface area contributed by atoms with Gasteiger partial charge in [0.2, 0.25) is 0 Å². The van der Waals surface area contributed by atoms with Crippen LogP contribution < -0.4 is 11.4 Å². The standard InChI is InChI=1S/C30H31N3O3/c1-29(2,33-28(35)32(27(34)31-33)26-20-12-6-13-21-26)22-14-7-15-23-30(36-3,24-16-8-4-9-17-24)25-18-10-5-11-19-25/h4-22H,23H2,1-3H3,(H,31,34)/b15-7+,22-14+. The molecule has 0 aliphatic carbocycles. The lowest BCUT2D eigenvalue weighted by molar-refractivity contribution is 0.0246. The molecular weight excluding hydrogens is 450 g/mol. The van der Waals surface area contributed by atoms with Crippen LogP contribution in [0.5, 0.6) is 0 Å². The zero-order valence-corrected chi connectivity index (χ0v) is 20.8. The number of hydrogen-bond acceptors (Lipinski definition) is 3. The van der Waals surface area contributed by atoms with Crippen LogP contribution in [0.1, 0.15) is 31.4 Å². The Morgan fingerprint density at radius 3 is 1.86 bits per heavy atom.